The lowest BCUT2D eigenvalue weighted by molar-refractivity contribution is -0.384. The molecule has 1 unspecified atom stereocenters. The number of rotatable bonds is 7. The van der Waals surface area contributed by atoms with Crippen LogP contribution in [0.25, 0.3) is 5.76 Å². The van der Waals surface area contributed by atoms with Crippen LogP contribution in [0.2, 0.25) is 0 Å². The van der Waals surface area contributed by atoms with Crippen molar-refractivity contribution in [2.24, 2.45) is 0 Å². The summed E-state index contributed by atoms with van der Waals surface area (Å²) in [5.41, 5.74) is 0.581. The Kier molecular flexibility index (Phi) is 6.88. The number of nitrogens with zero attached hydrogens (tertiary/aromatic N) is 3. The van der Waals surface area contributed by atoms with Crippen molar-refractivity contribution in [1.82, 2.24) is 0 Å². The molecular weight excluding hydrogens is 478 g/mol. The highest BCUT2D eigenvalue weighted by molar-refractivity contribution is 6.51. The Bertz CT molecular complexity index is 1470. The maximum atomic E-state index is 13.3. The van der Waals surface area contributed by atoms with E-state index in [1.165, 1.54) is 54.5 Å². The van der Waals surface area contributed by atoms with E-state index in [0.717, 1.165) is 6.07 Å². The number of nitro benzene ring substituents is 1. The number of ketones is 1. The molecule has 0 saturated carbocycles. The van der Waals surface area contributed by atoms with Gasteiger partial charge in [0.25, 0.3) is 17.4 Å². The number of Topliss-reactive ketones (excluding diaryl/α,β-unsaturated/α-hetero) is 1. The number of non-ortho nitro benzene ring substituents is 1. The highest BCUT2D eigenvalue weighted by Gasteiger charge is 2.47. The summed E-state index contributed by atoms with van der Waals surface area (Å²) in [7, 11) is 1.47. The molecule has 10 nitrogen and oxygen atoms in total. The maximum Gasteiger partial charge on any atom is 0.300 e. The molecule has 0 radical (unpaired) electrons. The Balaban J connectivity index is 1.97. The van der Waals surface area contributed by atoms with Gasteiger partial charge in [-0.3, -0.25) is 24.6 Å². The minimum atomic E-state index is -1.10. The first-order valence-electron chi connectivity index (χ1n) is 11.2. The number of nitro groups is 1. The molecule has 0 aliphatic carbocycles. The van der Waals surface area contributed by atoms with Gasteiger partial charge in [-0.15, -0.1) is 0 Å². The number of ether oxygens (including phenoxy) is 2. The number of benzene rings is 3. The van der Waals surface area contributed by atoms with Gasteiger partial charge >= 0.3 is 0 Å². The molecule has 4 rings (SSSR count). The van der Waals surface area contributed by atoms with Crippen molar-refractivity contribution in [2.45, 2.75) is 13.0 Å². The molecule has 0 bridgehead atoms. The molecule has 3 aromatic rings. The third-order valence-corrected chi connectivity index (χ3v) is 5.85. The number of amides is 1. The summed E-state index contributed by atoms with van der Waals surface area (Å²) in [6, 6.07) is 17.0. The largest absolute Gasteiger partial charge is 0.507 e. The molecule has 1 aliphatic rings. The summed E-state index contributed by atoms with van der Waals surface area (Å²) < 4.78 is 11.0. The second-order valence-electron chi connectivity index (χ2n) is 7.98. The van der Waals surface area contributed by atoms with Crippen molar-refractivity contribution in [2.75, 3.05) is 18.6 Å². The lowest BCUT2D eigenvalue weighted by Crippen LogP contribution is -2.29. The molecule has 1 amide bonds. The number of methoxy groups -OCH3 is 1. The fourth-order valence-electron chi connectivity index (χ4n) is 4.16. The van der Waals surface area contributed by atoms with Gasteiger partial charge in [-0.1, -0.05) is 18.2 Å². The van der Waals surface area contributed by atoms with Crippen LogP contribution < -0.4 is 14.4 Å². The Labute approximate surface area is 211 Å². The van der Waals surface area contributed by atoms with Crippen molar-refractivity contribution in [3.8, 4) is 17.6 Å². The number of aliphatic hydroxyl groups excluding tert-OH is 1. The Morgan fingerprint density at radius 3 is 2.46 bits per heavy atom. The normalized spacial score (nSPS) is 16.4. The quantitative estimate of drug-likeness (QED) is 0.165. The smallest absolute Gasteiger partial charge is 0.300 e. The molecule has 1 aliphatic heterocycles. The van der Waals surface area contributed by atoms with Gasteiger partial charge in [0, 0.05) is 23.4 Å². The van der Waals surface area contributed by atoms with Gasteiger partial charge in [0.05, 0.1) is 41.9 Å². The van der Waals surface area contributed by atoms with E-state index in [1.807, 2.05) is 6.07 Å². The zero-order valence-corrected chi connectivity index (χ0v) is 19.9. The van der Waals surface area contributed by atoms with Gasteiger partial charge in [0.1, 0.15) is 5.76 Å². The Hall–Kier alpha value is -5.17. The van der Waals surface area contributed by atoms with Gasteiger partial charge in [0.2, 0.25) is 0 Å². The molecule has 3 aromatic carbocycles. The van der Waals surface area contributed by atoms with Crippen LogP contribution in [0.15, 0.2) is 72.3 Å². The van der Waals surface area contributed by atoms with Crippen LogP contribution in [-0.2, 0) is 9.59 Å². The molecule has 0 spiro atoms. The summed E-state index contributed by atoms with van der Waals surface area (Å²) in [5, 5.41) is 31.7. The van der Waals surface area contributed by atoms with Gasteiger partial charge in [-0.25, -0.2) is 0 Å². The average molecular weight is 499 g/mol. The SMILES string of the molecule is CCOc1cc(C2/C(=C(\O)c3cccc([N+](=O)[O-])c3)C(=O)C(=O)N2c2ccc(C#N)cc2)ccc1OC. The first kappa shape index (κ1) is 24.9. The molecule has 1 heterocycles. The second-order valence-corrected chi connectivity index (χ2v) is 7.98. The number of hydrogen-bond donors (Lipinski definition) is 1. The lowest BCUT2D eigenvalue weighted by atomic mass is 9.94. The highest BCUT2D eigenvalue weighted by Crippen LogP contribution is 2.44. The fraction of sp³-hybridized carbons (Fsp3) is 0.148. The molecule has 186 valence electrons. The molecule has 1 saturated heterocycles. The number of nitriles is 1. The third kappa shape index (κ3) is 4.58. The maximum absolute atomic E-state index is 13.3. The average Bonchev–Trinajstić information content (AvgIpc) is 3.18. The van der Waals surface area contributed by atoms with Crippen molar-refractivity contribution in [3.63, 3.8) is 0 Å². The molecule has 1 atom stereocenters. The summed E-state index contributed by atoms with van der Waals surface area (Å²) in [6.07, 6.45) is 0. The van der Waals surface area contributed by atoms with Crippen LogP contribution in [0, 0.1) is 21.4 Å². The minimum absolute atomic E-state index is 0.00979. The third-order valence-electron chi connectivity index (χ3n) is 5.85. The number of hydrogen-bond acceptors (Lipinski definition) is 8. The Morgan fingerprint density at radius 1 is 1.11 bits per heavy atom. The number of carbonyl (C=O) groups excluding carboxylic acids is 2. The predicted octanol–water partition coefficient (Wildman–Crippen LogP) is 4.50. The van der Waals surface area contributed by atoms with Crippen LogP contribution in [0.4, 0.5) is 11.4 Å². The molecular formula is C27H21N3O7. The highest BCUT2D eigenvalue weighted by atomic mass is 16.6. The van der Waals surface area contributed by atoms with Crippen molar-refractivity contribution in [1.29, 1.82) is 5.26 Å². The van der Waals surface area contributed by atoms with Crippen LogP contribution in [0.5, 0.6) is 11.5 Å². The summed E-state index contributed by atoms with van der Waals surface area (Å²) in [5.74, 6) is -1.64. The second kappa shape index (κ2) is 10.2. The summed E-state index contributed by atoms with van der Waals surface area (Å²) >= 11 is 0. The number of anilines is 1. The van der Waals surface area contributed by atoms with E-state index in [2.05, 4.69) is 0 Å². The zero-order valence-electron chi connectivity index (χ0n) is 19.9. The van der Waals surface area contributed by atoms with Crippen molar-refractivity contribution in [3.05, 3.63) is 99.1 Å². The van der Waals surface area contributed by atoms with E-state index in [1.54, 1.807) is 25.1 Å². The van der Waals surface area contributed by atoms with E-state index in [9.17, 15) is 24.8 Å². The van der Waals surface area contributed by atoms with Crippen LogP contribution in [0.3, 0.4) is 0 Å². The first-order chi connectivity index (χ1) is 17.8. The monoisotopic (exact) mass is 499 g/mol. The molecule has 1 N–H and O–H groups in total. The van der Waals surface area contributed by atoms with E-state index in [0.29, 0.717) is 34.9 Å². The van der Waals surface area contributed by atoms with Crippen LogP contribution >= 0.6 is 0 Å². The topological polar surface area (TPSA) is 143 Å². The number of carbonyl (C=O) groups is 2. The van der Waals surface area contributed by atoms with Crippen molar-refractivity contribution >= 4 is 28.8 Å². The van der Waals surface area contributed by atoms with Gasteiger partial charge in [-0.05, 0) is 48.9 Å². The van der Waals surface area contributed by atoms with E-state index in [4.69, 9.17) is 14.7 Å². The van der Waals surface area contributed by atoms with E-state index in [-0.39, 0.29) is 16.8 Å². The molecule has 10 heteroatoms. The van der Waals surface area contributed by atoms with Crippen molar-refractivity contribution < 1.29 is 29.1 Å². The Morgan fingerprint density at radius 2 is 1.84 bits per heavy atom. The van der Waals surface area contributed by atoms with Gasteiger partial charge < -0.3 is 14.6 Å². The predicted molar refractivity (Wildman–Crippen MR) is 133 cm³/mol. The molecule has 0 aromatic heterocycles. The van der Waals surface area contributed by atoms with E-state index >= 15 is 0 Å². The first-order valence-corrected chi connectivity index (χ1v) is 11.2. The summed E-state index contributed by atoms with van der Waals surface area (Å²) in [6.45, 7) is 2.11. The minimum Gasteiger partial charge on any atom is -0.507 e. The standard InChI is InChI=1S/C27H21N3O7/c1-3-37-22-14-17(9-12-21(22)36-2)24-23(25(31)18-5-4-6-20(13-18)30(34)35)26(32)27(33)29(24)19-10-7-16(15-28)8-11-19/h4-14,24,31H,3H2,1-2H3/b25-23+. The number of aliphatic hydroxyl groups is 1. The van der Waals surface area contributed by atoms with Gasteiger partial charge in [-0.2, -0.15) is 5.26 Å². The molecule has 1 fully saturated rings. The van der Waals surface area contributed by atoms with Gasteiger partial charge in [0.15, 0.2) is 11.5 Å². The lowest BCUT2D eigenvalue weighted by Gasteiger charge is -2.26. The van der Waals surface area contributed by atoms with E-state index < -0.39 is 28.4 Å². The van der Waals surface area contributed by atoms with Crippen LogP contribution in [-0.4, -0.2) is 35.4 Å². The zero-order chi connectivity index (χ0) is 26.7. The van der Waals surface area contributed by atoms with Crippen LogP contribution in [0.1, 0.15) is 29.7 Å². The molecule has 37 heavy (non-hydrogen) atoms. The fourth-order valence-corrected chi connectivity index (χ4v) is 4.16. The summed E-state index contributed by atoms with van der Waals surface area (Å²) in [4.78, 5) is 38.5.